The third kappa shape index (κ3) is 20.7. The van der Waals surface area contributed by atoms with Gasteiger partial charge < -0.3 is 21.3 Å². The number of hydrogen-bond acceptors (Lipinski definition) is 4. The van der Waals surface area contributed by atoms with Crippen LogP contribution in [0, 0.1) is 46.6 Å². The number of amides is 2. The van der Waals surface area contributed by atoms with Gasteiger partial charge in [-0.3, -0.25) is 19.6 Å². The minimum atomic E-state index is -1.53. The molecule has 540 valence electrons. The lowest BCUT2D eigenvalue weighted by atomic mass is 9.89. The zero-order valence-electron chi connectivity index (χ0n) is 63.5. The zero-order valence-corrected chi connectivity index (χ0v) is 65.5. The number of aliphatic imine (C=N–C) groups is 2. The van der Waals surface area contributed by atoms with Crippen LogP contribution in [0.1, 0.15) is 219 Å². The van der Waals surface area contributed by atoms with Crippen LogP contribution in [0.3, 0.4) is 0 Å². The molecule has 2 amide bonds. The quantitative estimate of drug-likeness (QED) is 0.0377. The number of hydrogen-bond donors (Lipinski definition) is 4. The maximum absolute atomic E-state index is 13.9. The highest BCUT2D eigenvalue weighted by Crippen LogP contribution is 2.38. The number of carbonyl (C=O) groups excluding carboxylic acids is 2. The molecule has 8 aromatic carbocycles. The second kappa shape index (κ2) is 35.6. The predicted molar refractivity (Wildman–Crippen MR) is 448 cm³/mol. The van der Waals surface area contributed by atoms with Gasteiger partial charge in [0.05, 0.1) is 12.1 Å². The maximum atomic E-state index is 13.9. The van der Waals surface area contributed by atoms with Crippen molar-refractivity contribution < 1.29 is 9.59 Å². The van der Waals surface area contributed by atoms with E-state index in [2.05, 4.69) is 241 Å². The average molecular weight is 1430 g/mol. The van der Waals surface area contributed by atoms with Gasteiger partial charge in [0, 0.05) is 79.8 Å². The summed E-state index contributed by atoms with van der Waals surface area (Å²) in [6, 6.07) is 64.3. The topological polar surface area (TPSA) is 107 Å². The molecule has 0 aliphatic heterocycles. The molecule has 8 aromatic rings. The molecule has 0 spiro atoms. The number of benzene rings is 8. The third-order valence-electron chi connectivity index (χ3n) is 21.6. The SMILES string of the molecule is C[Si](C)(C)C#Cc1ccc(-c2cccc(-c3ccc(C#Cc4ccc(C(=O)NC5CCCCC5NC(=O)c5ccc(C#Cc6ccc(-c7cccc(-c8ccc(C#C[Si](C)(C)C)cc8)c7C(=NC7CCCCC7)NC7CCCCC7)cc6)cc5)cc4)cc3)c2C(=NC2CCCCC2)NC2CCCCC2)cc1. The lowest BCUT2D eigenvalue weighted by molar-refractivity contribution is 0.0863. The predicted octanol–water partition coefficient (Wildman–Crippen LogP) is 21.1. The zero-order chi connectivity index (χ0) is 73.2. The van der Waals surface area contributed by atoms with Crippen LogP contribution < -0.4 is 21.3 Å². The van der Waals surface area contributed by atoms with E-state index in [0.29, 0.717) is 35.3 Å². The van der Waals surface area contributed by atoms with Crippen molar-refractivity contribution >= 4 is 39.6 Å². The van der Waals surface area contributed by atoms with Crippen LogP contribution in [-0.4, -0.2) is 75.9 Å². The first kappa shape index (κ1) is 74.6. The van der Waals surface area contributed by atoms with E-state index in [1.807, 2.05) is 48.5 Å². The van der Waals surface area contributed by atoms with Crippen molar-refractivity contribution in [3.8, 4) is 91.1 Å². The Labute approximate surface area is 634 Å². The lowest BCUT2D eigenvalue weighted by Crippen LogP contribution is -2.53. The van der Waals surface area contributed by atoms with Crippen molar-refractivity contribution in [1.82, 2.24) is 21.3 Å². The molecular weight excluding hydrogens is 1330 g/mol. The average Bonchev–Trinajstić information content (AvgIpc) is 0.780. The van der Waals surface area contributed by atoms with Crippen molar-refractivity contribution in [1.29, 1.82) is 0 Å². The molecule has 0 heterocycles. The standard InChI is InChI=1S/C96H106N6O2Si2/c1-105(2,3)67-65-73-45-57-77(58-46-73)87-33-21-31-85(91(87)93(97-81-23-11-7-12-24-81)98-82-25-13-8-14-26-82)75-53-41-69(42-54-75)37-39-71-49-61-79(62-50-71)95(103)101-89-35-19-20-36-90(89)102-96(104)80-63-51-72(52-64-80)40-38-70-43-55-76(56-44-70)86-32-22-34-88(78-59-47-74(48-60-78)66-68-106(4,5)6)92(86)94(99-83-27-15-9-16-28-83)100-84-29-17-10-18-30-84/h21-22,31-34,41-64,81-84,89-90H,7-20,23-30,35-36H2,1-6H3,(H,97,98)(H,99,100)(H,101,103)(H,102,104). The van der Waals surface area contributed by atoms with Gasteiger partial charge in [0.2, 0.25) is 0 Å². The highest BCUT2D eigenvalue weighted by molar-refractivity contribution is 6.84. The Kier molecular flexibility index (Phi) is 25.1. The van der Waals surface area contributed by atoms with E-state index in [-0.39, 0.29) is 23.9 Å². The van der Waals surface area contributed by atoms with Crippen molar-refractivity contribution in [2.45, 2.75) is 230 Å². The van der Waals surface area contributed by atoms with Gasteiger partial charge in [-0.15, -0.1) is 11.1 Å². The second-order valence-corrected chi connectivity index (χ2v) is 41.9. The normalized spacial score (nSPS) is 17.9. The molecular formula is C96H106N6O2Si2. The first-order valence-electron chi connectivity index (χ1n) is 39.9. The maximum Gasteiger partial charge on any atom is 0.251 e. The molecule has 106 heavy (non-hydrogen) atoms. The summed E-state index contributed by atoms with van der Waals surface area (Å²) in [6.45, 7) is 13.7. The third-order valence-corrected chi connectivity index (χ3v) is 23.4. The van der Waals surface area contributed by atoms with Gasteiger partial charge in [0.15, 0.2) is 0 Å². The summed E-state index contributed by atoms with van der Waals surface area (Å²) in [5.41, 5.74) is 25.3. The van der Waals surface area contributed by atoms with Gasteiger partial charge >= 0.3 is 0 Å². The van der Waals surface area contributed by atoms with Crippen LogP contribution >= 0.6 is 0 Å². The fourth-order valence-corrected chi connectivity index (χ4v) is 16.8. The minimum absolute atomic E-state index is 0.165. The summed E-state index contributed by atoms with van der Waals surface area (Å²) >= 11 is 0. The Balaban J connectivity index is 0.659. The fourth-order valence-electron chi connectivity index (χ4n) is 15.7. The lowest BCUT2D eigenvalue weighted by Gasteiger charge is -2.33. The van der Waals surface area contributed by atoms with Crippen LogP contribution in [0.5, 0.6) is 0 Å². The summed E-state index contributed by atoms with van der Waals surface area (Å²) in [5.74, 6) is 22.2. The van der Waals surface area contributed by atoms with Gasteiger partial charge in [0.25, 0.3) is 11.8 Å². The van der Waals surface area contributed by atoms with Crippen molar-refractivity contribution in [2.24, 2.45) is 9.98 Å². The molecule has 4 N–H and O–H groups in total. The van der Waals surface area contributed by atoms with Gasteiger partial charge in [-0.2, -0.15) is 0 Å². The van der Waals surface area contributed by atoms with Gasteiger partial charge in [0.1, 0.15) is 27.8 Å². The van der Waals surface area contributed by atoms with E-state index >= 15 is 0 Å². The molecule has 13 rings (SSSR count). The van der Waals surface area contributed by atoms with Gasteiger partial charge in [-0.25, -0.2) is 0 Å². The molecule has 0 saturated heterocycles. The Morgan fingerprint density at radius 2 is 0.557 bits per heavy atom. The molecule has 0 bridgehead atoms. The van der Waals surface area contributed by atoms with Crippen molar-refractivity contribution in [2.75, 3.05) is 0 Å². The van der Waals surface area contributed by atoms with Gasteiger partial charge in [-0.05, 0) is 206 Å². The highest BCUT2D eigenvalue weighted by atomic mass is 28.3. The molecule has 5 fully saturated rings. The molecule has 10 heteroatoms. The van der Waals surface area contributed by atoms with E-state index in [4.69, 9.17) is 9.98 Å². The van der Waals surface area contributed by atoms with Crippen LogP contribution in [-0.2, 0) is 0 Å². The Hall–Kier alpha value is -9.69. The molecule has 5 aliphatic carbocycles. The summed E-state index contributed by atoms with van der Waals surface area (Å²) in [4.78, 5) is 39.2. The fraction of sp³-hybridized carbons (Fsp3) is 0.375. The van der Waals surface area contributed by atoms with Crippen LogP contribution in [0.25, 0.3) is 44.5 Å². The van der Waals surface area contributed by atoms with Crippen molar-refractivity contribution in [3.05, 3.63) is 238 Å². The molecule has 0 radical (unpaired) electrons. The highest BCUT2D eigenvalue weighted by Gasteiger charge is 2.30. The number of rotatable bonds is 14. The molecule has 2 atom stereocenters. The summed E-state index contributed by atoms with van der Waals surface area (Å²) in [7, 11) is -3.06. The monoisotopic (exact) mass is 1430 g/mol. The molecule has 5 saturated carbocycles. The molecule has 0 aromatic heterocycles. The van der Waals surface area contributed by atoms with E-state index < -0.39 is 16.1 Å². The first-order chi connectivity index (χ1) is 51.6. The second-order valence-electron chi connectivity index (χ2n) is 32.4. The minimum Gasteiger partial charge on any atom is -0.367 e. The van der Waals surface area contributed by atoms with Crippen LogP contribution in [0.2, 0.25) is 39.3 Å². The Morgan fingerprint density at radius 1 is 0.302 bits per heavy atom. The molecule has 2 unspecified atom stereocenters. The number of carbonyl (C=O) groups is 2. The smallest absolute Gasteiger partial charge is 0.251 e. The Bertz CT molecular complexity index is 4380. The number of nitrogens with one attached hydrogen (secondary N) is 4. The summed E-state index contributed by atoms with van der Waals surface area (Å²) < 4.78 is 0. The Morgan fingerprint density at radius 3 is 0.840 bits per heavy atom. The largest absolute Gasteiger partial charge is 0.367 e. The van der Waals surface area contributed by atoms with Crippen LogP contribution in [0.4, 0.5) is 0 Å². The van der Waals surface area contributed by atoms with E-state index in [9.17, 15) is 9.59 Å². The molecule has 5 aliphatic rings. The van der Waals surface area contributed by atoms with Crippen LogP contribution in [0.15, 0.2) is 192 Å². The van der Waals surface area contributed by atoms with E-state index in [1.54, 1.807) is 0 Å². The summed E-state index contributed by atoms with van der Waals surface area (Å²) in [5, 5.41) is 14.7. The number of amidine groups is 2. The van der Waals surface area contributed by atoms with E-state index in [1.165, 1.54) is 88.2 Å². The van der Waals surface area contributed by atoms with Crippen molar-refractivity contribution in [3.63, 3.8) is 0 Å². The van der Waals surface area contributed by atoms with Gasteiger partial charge in [-0.1, -0.05) is 250 Å². The molecule has 8 nitrogen and oxygen atoms in total. The summed E-state index contributed by atoms with van der Waals surface area (Å²) in [6.07, 6.45) is 27.7. The van der Waals surface area contributed by atoms with E-state index in [0.717, 1.165) is 167 Å². The first-order valence-corrected chi connectivity index (χ1v) is 46.9. The number of nitrogens with zero attached hydrogens (tertiary/aromatic N) is 2.